The Hall–Kier alpha value is -0.660. The maximum Gasteiger partial charge on any atom is 0.243 e. The fourth-order valence-electron chi connectivity index (χ4n) is 1.70. The first-order valence-corrected chi connectivity index (χ1v) is 7.68. The van der Waals surface area contributed by atoms with E-state index < -0.39 is 20.7 Å². The van der Waals surface area contributed by atoms with Crippen LogP contribution in [0.3, 0.4) is 0 Å². The second-order valence-electron chi connectivity index (χ2n) is 5.18. The van der Waals surface area contributed by atoms with Crippen molar-refractivity contribution >= 4 is 31.6 Å². The highest BCUT2D eigenvalue weighted by molar-refractivity contribution is 9.10. The van der Waals surface area contributed by atoms with Crippen molar-refractivity contribution in [2.75, 3.05) is 5.73 Å². The van der Waals surface area contributed by atoms with Gasteiger partial charge < -0.3 is 5.73 Å². The van der Waals surface area contributed by atoms with E-state index in [0.29, 0.717) is 0 Å². The van der Waals surface area contributed by atoms with Crippen LogP contribution in [0, 0.1) is 11.2 Å². The van der Waals surface area contributed by atoms with Crippen LogP contribution in [0.1, 0.15) is 20.3 Å². The Kier molecular flexibility index (Phi) is 3.19. The first-order valence-electron chi connectivity index (χ1n) is 5.40. The number of nitrogen functional groups attached to an aromatic ring is 1. The summed E-state index contributed by atoms with van der Waals surface area (Å²) >= 11 is 2.95. The van der Waals surface area contributed by atoms with Crippen molar-refractivity contribution in [1.29, 1.82) is 0 Å². The number of hydrogen-bond donors (Lipinski definition) is 2. The highest BCUT2D eigenvalue weighted by Gasteiger charge is 2.48. The van der Waals surface area contributed by atoms with Crippen molar-refractivity contribution in [1.82, 2.24) is 4.72 Å². The third-order valence-electron chi connectivity index (χ3n) is 3.12. The van der Waals surface area contributed by atoms with Crippen molar-refractivity contribution in [3.05, 3.63) is 22.4 Å². The molecule has 4 nitrogen and oxygen atoms in total. The Morgan fingerprint density at radius 2 is 2.06 bits per heavy atom. The summed E-state index contributed by atoms with van der Waals surface area (Å²) in [5.41, 5.74) is 5.66. The molecule has 1 aromatic carbocycles. The van der Waals surface area contributed by atoms with Gasteiger partial charge in [-0.1, -0.05) is 13.8 Å². The molecule has 0 amide bonds. The molecule has 0 aromatic heterocycles. The van der Waals surface area contributed by atoms with E-state index >= 15 is 0 Å². The Morgan fingerprint density at radius 3 is 2.56 bits per heavy atom. The topological polar surface area (TPSA) is 72.2 Å². The van der Waals surface area contributed by atoms with Gasteiger partial charge in [-0.05, 0) is 39.9 Å². The molecule has 0 spiro atoms. The Morgan fingerprint density at radius 1 is 1.50 bits per heavy atom. The molecule has 0 heterocycles. The van der Waals surface area contributed by atoms with E-state index in [2.05, 4.69) is 20.7 Å². The fraction of sp³-hybridized carbons (Fsp3) is 0.455. The van der Waals surface area contributed by atoms with Crippen LogP contribution in [0.5, 0.6) is 0 Å². The van der Waals surface area contributed by atoms with Crippen molar-refractivity contribution in [2.24, 2.45) is 5.41 Å². The molecular formula is C11H14BrFN2O2S. The molecule has 1 atom stereocenters. The molecule has 7 heteroatoms. The lowest BCUT2D eigenvalue weighted by Crippen LogP contribution is -2.29. The zero-order valence-corrected chi connectivity index (χ0v) is 12.4. The van der Waals surface area contributed by atoms with Gasteiger partial charge in [0.2, 0.25) is 10.0 Å². The summed E-state index contributed by atoms with van der Waals surface area (Å²) in [7, 11) is -3.88. The van der Waals surface area contributed by atoms with E-state index in [4.69, 9.17) is 5.73 Å². The molecule has 1 aliphatic rings. The molecule has 1 fully saturated rings. The van der Waals surface area contributed by atoms with Crippen LogP contribution in [0.2, 0.25) is 0 Å². The molecule has 0 saturated heterocycles. The summed E-state index contributed by atoms with van der Waals surface area (Å²) < 4.78 is 40.5. The van der Waals surface area contributed by atoms with Gasteiger partial charge in [-0.3, -0.25) is 0 Å². The highest BCUT2D eigenvalue weighted by Crippen LogP contribution is 2.45. The van der Waals surface area contributed by atoms with Gasteiger partial charge in [0.15, 0.2) is 5.82 Å². The van der Waals surface area contributed by atoms with Crippen molar-refractivity contribution in [3.63, 3.8) is 0 Å². The molecule has 1 aromatic rings. The first kappa shape index (κ1) is 13.8. The minimum absolute atomic E-state index is 0.0398. The normalized spacial score (nSPS) is 21.9. The Balaban J connectivity index is 2.36. The molecular weight excluding hydrogens is 323 g/mol. The highest BCUT2D eigenvalue weighted by atomic mass is 79.9. The van der Waals surface area contributed by atoms with Gasteiger partial charge in [0, 0.05) is 11.7 Å². The summed E-state index contributed by atoms with van der Waals surface area (Å²) in [6, 6.07) is 2.30. The monoisotopic (exact) mass is 336 g/mol. The number of anilines is 1. The quantitative estimate of drug-likeness (QED) is 0.831. The smallest absolute Gasteiger partial charge is 0.243 e. The van der Waals surface area contributed by atoms with Gasteiger partial charge in [-0.25, -0.2) is 17.5 Å². The number of benzene rings is 1. The largest absolute Gasteiger partial charge is 0.399 e. The van der Waals surface area contributed by atoms with Crippen LogP contribution >= 0.6 is 15.9 Å². The first-order chi connectivity index (χ1) is 8.13. The molecule has 3 N–H and O–H groups in total. The van der Waals surface area contributed by atoms with Gasteiger partial charge in [0.1, 0.15) is 4.90 Å². The second kappa shape index (κ2) is 4.18. The van der Waals surface area contributed by atoms with Crippen LogP contribution in [0.4, 0.5) is 10.1 Å². The molecule has 1 saturated carbocycles. The zero-order valence-electron chi connectivity index (χ0n) is 10.00. The predicted molar refractivity (Wildman–Crippen MR) is 71.0 cm³/mol. The molecule has 100 valence electrons. The van der Waals surface area contributed by atoms with E-state index in [0.717, 1.165) is 12.5 Å². The number of nitrogens with two attached hydrogens (primary N) is 1. The summed E-state index contributed by atoms with van der Waals surface area (Å²) in [6.45, 7) is 3.90. The SMILES string of the molecule is CC1(C)CC1NS(=O)(=O)c1cc(N)cc(Br)c1F. The Bertz CT molecular complexity index is 601. The van der Waals surface area contributed by atoms with Crippen LogP contribution in [-0.4, -0.2) is 14.5 Å². The van der Waals surface area contributed by atoms with Crippen molar-refractivity contribution in [2.45, 2.75) is 31.2 Å². The average molecular weight is 337 g/mol. The molecule has 0 bridgehead atoms. The molecule has 0 radical (unpaired) electrons. The Labute approximate surface area is 114 Å². The van der Waals surface area contributed by atoms with Crippen LogP contribution in [0.15, 0.2) is 21.5 Å². The lowest BCUT2D eigenvalue weighted by Gasteiger charge is -2.10. The van der Waals surface area contributed by atoms with E-state index in [1.807, 2.05) is 13.8 Å². The van der Waals surface area contributed by atoms with Gasteiger partial charge in [-0.2, -0.15) is 0 Å². The maximum absolute atomic E-state index is 13.8. The third kappa shape index (κ3) is 2.53. The summed E-state index contributed by atoms with van der Waals surface area (Å²) in [4.78, 5) is -0.419. The second-order valence-corrected chi connectivity index (χ2v) is 7.72. The van der Waals surface area contributed by atoms with E-state index in [-0.39, 0.29) is 21.6 Å². The predicted octanol–water partition coefficient (Wildman–Crippen LogP) is 2.25. The minimum atomic E-state index is -3.88. The molecule has 18 heavy (non-hydrogen) atoms. The average Bonchev–Trinajstić information content (AvgIpc) is 2.78. The van der Waals surface area contributed by atoms with Crippen molar-refractivity contribution < 1.29 is 12.8 Å². The summed E-state index contributed by atoms with van der Waals surface area (Å²) in [6.07, 6.45) is 0.747. The maximum atomic E-state index is 13.8. The van der Waals surface area contributed by atoms with E-state index in [9.17, 15) is 12.8 Å². The van der Waals surface area contributed by atoms with Gasteiger partial charge >= 0.3 is 0 Å². The summed E-state index contributed by atoms with van der Waals surface area (Å²) in [5.74, 6) is -0.824. The van der Waals surface area contributed by atoms with Crippen LogP contribution in [0.25, 0.3) is 0 Å². The number of rotatable bonds is 3. The molecule has 1 unspecified atom stereocenters. The van der Waals surface area contributed by atoms with Gasteiger partial charge in [0.05, 0.1) is 4.47 Å². The molecule has 1 aliphatic carbocycles. The standard InChI is InChI=1S/C11H14BrFN2O2S/c1-11(2)5-9(11)15-18(16,17)8-4-6(14)3-7(12)10(8)13/h3-4,9,15H,5,14H2,1-2H3. The molecule has 2 rings (SSSR count). The van der Waals surface area contributed by atoms with Crippen molar-refractivity contribution in [3.8, 4) is 0 Å². The van der Waals surface area contributed by atoms with Gasteiger partial charge in [0.25, 0.3) is 0 Å². The lowest BCUT2D eigenvalue weighted by atomic mass is 10.2. The van der Waals surface area contributed by atoms with E-state index in [1.165, 1.54) is 6.07 Å². The number of sulfonamides is 1. The zero-order chi connectivity index (χ0) is 13.7. The lowest BCUT2D eigenvalue weighted by molar-refractivity contribution is 0.539. The summed E-state index contributed by atoms with van der Waals surface area (Å²) in [5, 5.41) is 0. The van der Waals surface area contributed by atoms with Gasteiger partial charge in [-0.15, -0.1) is 0 Å². The van der Waals surface area contributed by atoms with Crippen LogP contribution < -0.4 is 10.5 Å². The minimum Gasteiger partial charge on any atom is -0.399 e. The number of hydrogen-bond acceptors (Lipinski definition) is 3. The number of halogens is 2. The number of nitrogens with one attached hydrogen (secondary N) is 1. The third-order valence-corrected chi connectivity index (χ3v) is 5.17. The fourth-order valence-corrected chi connectivity index (χ4v) is 3.85. The van der Waals surface area contributed by atoms with Crippen LogP contribution in [-0.2, 0) is 10.0 Å². The van der Waals surface area contributed by atoms with E-state index in [1.54, 1.807) is 0 Å². The molecule has 0 aliphatic heterocycles.